The second-order valence-corrected chi connectivity index (χ2v) is 4.78. The highest BCUT2D eigenvalue weighted by atomic mass is 32.2. The van der Waals surface area contributed by atoms with Crippen molar-refractivity contribution in [3.8, 4) is 0 Å². The van der Waals surface area contributed by atoms with E-state index in [4.69, 9.17) is 9.11 Å². The van der Waals surface area contributed by atoms with Crippen LogP contribution < -0.4 is 0 Å². The van der Waals surface area contributed by atoms with Gasteiger partial charge in [-0.2, -0.15) is 16.8 Å². The molecule has 0 aliphatic carbocycles. The summed E-state index contributed by atoms with van der Waals surface area (Å²) in [5.41, 5.74) is 0. The SMILES string of the molecule is O=S(=O)(O)C[CH]CS(=O)(=O)O. The zero-order valence-corrected chi connectivity index (χ0v) is 6.97. The van der Waals surface area contributed by atoms with Crippen LogP contribution in [0.25, 0.3) is 0 Å². The van der Waals surface area contributed by atoms with E-state index in [1.165, 1.54) is 0 Å². The molecule has 0 aliphatic rings. The van der Waals surface area contributed by atoms with Gasteiger partial charge in [0.1, 0.15) is 0 Å². The summed E-state index contributed by atoms with van der Waals surface area (Å²) in [5.74, 6) is -1.57. The molecule has 0 bridgehead atoms. The van der Waals surface area contributed by atoms with Gasteiger partial charge in [-0.25, -0.2) is 0 Å². The summed E-state index contributed by atoms with van der Waals surface area (Å²) < 4.78 is 56.0. The predicted molar refractivity (Wildman–Crippen MR) is 37.1 cm³/mol. The molecular formula is C3H7O6S2. The molecule has 2 N–H and O–H groups in total. The van der Waals surface area contributed by atoms with Crippen molar-refractivity contribution in [2.24, 2.45) is 0 Å². The average molecular weight is 203 g/mol. The molecule has 0 unspecified atom stereocenters. The fourth-order valence-electron chi connectivity index (χ4n) is 0.346. The Morgan fingerprint density at radius 3 is 1.36 bits per heavy atom. The highest BCUT2D eigenvalue weighted by Crippen LogP contribution is 1.91. The van der Waals surface area contributed by atoms with Crippen molar-refractivity contribution in [1.82, 2.24) is 0 Å². The smallest absolute Gasteiger partial charge is 0.265 e. The molecule has 0 atom stereocenters. The lowest BCUT2D eigenvalue weighted by molar-refractivity contribution is 0.483. The monoisotopic (exact) mass is 203 g/mol. The first-order valence-corrected chi connectivity index (χ1v) is 5.64. The first-order chi connectivity index (χ1) is 4.71. The minimum atomic E-state index is -4.18. The zero-order chi connectivity index (χ0) is 9.12. The largest absolute Gasteiger partial charge is 0.286 e. The third kappa shape index (κ3) is 9.82. The van der Waals surface area contributed by atoms with Crippen LogP contribution in [-0.4, -0.2) is 37.4 Å². The third-order valence-electron chi connectivity index (χ3n) is 0.657. The van der Waals surface area contributed by atoms with Crippen molar-refractivity contribution in [3.05, 3.63) is 6.42 Å². The molecule has 0 saturated heterocycles. The molecule has 11 heavy (non-hydrogen) atoms. The van der Waals surface area contributed by atoms with E-state index >= 15 is 0 Å². The Hall–Kier alpha value is -0.180. The van der Waals surface area contributed by atoms with Gasteiger partial charge in [0.05, 0.1) is 11.5 Å². The van der Waals surface area contributed by atoms with Gasteiger partial charge in [-0.05, 0) is 6.42 Å². The van der Waals surface area contributed by atoms with Crippen molar-refractivity contribution >= 4 is 20.2 Å². The fraction of sp³-hybridized carbons (Fsp3) is 0.667. The molecule has 0 aromatic carbocycles. The molecule has 0 saturated carbocycles. The third-order valence-corrected chi connectivity index (χ3v) is 1.97. The van der Waals surface area contributed by atoms with Crippen LogP contribution in [0.15, 0.2) is 0 Å². The van der Waals surface area contributed by atoms with Gasteiger partial charge in [0.2, 0.25) is 0 Å². The number of hydrogen-bond acceptors (Lipinski definition) is 4. The molecule has 0 rings (SSSR count). The standard InChI is InChI=1S/C3H7O6S2/c4-10(5,6)2-1-3-11(7,8)9/h1H,2-3H2,(H,4,5,6)(H,7,8,9). The van der Waals surface area contributed by atoms with E-state index in [0.717, 1.165) is 6.42 Å². The maximum absolute atomic E-state index is 9.96. The summed E-state index contributed by atoms with van der Waals surface area (Å²) in [6.07, 6.45) is 0.741. The van der Waals surface area contributed by atoms with E-state index < -0.39 is 31.7 Å². The lowest BCUT2D eigenvalue weighted by Crippen LogP contribution is -2.11. The van der Waals surface area contributed by atoms with Crippen LogP contribution in [0.4, 0.5) is 0 Å². The first kappa shape index (κ1) is 10.8. The Bertz CT molecular complexity index is 265. The molecular weight excluding hydrogens is 196 g/mol. The molecule has 0 fully saturated rings. The van der Waals surface area contributed by atoms with E-state index in [0.29, 0.717) is 0 Å². The minimum absolute atomic E-state index is 0.741. The van der Waals surface area contributed by atoms with Crippen LogP contribution in [-0.2, 0) is 20.2 Å². The molecule has 6 nitrogen and oxygen atoms in total. The topological polar surface area (TPSA) is 109 Å². The predicted octanol–water partition coefficient (Wildman–Crippen LogP) is -1.03. The summed E-state index contributed by atoms with van der Waals surface area (Å²) >= 11 is 0. The molecule has 1 radical (unpaired) electrons. The first-order valence-electron chi connectivity index (χ1n) is 2.43. The van der Waals surface area contributed by atoms with E-state index in [1.807, 2.05) is 0 Å². The summed E-state index contributed by atoms with van der Waals surface area (Å²) in [7, 11) is -8.36. The molecule has 0 aliphatic heterocycles. The van der Waals surface area contributed by atoms with E-state index in [9.17, 15) is 16.8 Å². The Balaban J connectivity index is 3.79. The number of hydrogen-bond donors (Lipinski definition) is 2. The Morgan fingerprint density at radius 2 is 1.18 bits per heavy atom. The van der Waals surface area contributed by atoms with Crippen molar-refractivity contribution in [1.29, 1.82) is 0 Å². The summed E-state index contributed by atoms with van der Waals surface area (Å²) in [6.45, 7) is 0. The molecule has 0 amide bonds. The zero-order valence-electron chi connectivity index (χ0n) is 5.34. The second-order valence-electron chi connectivity index (χ2n) is 1.79. The fourth-order valence-corrected chi connectivity index (χ4v) is 1.33. The highest BCUT2D eigenvalue weighted by molar-refractivity contribution is 7.86. The van der Waals surface area contributed by atoms with Crippen molar-refractivity contribution < 1.29 is 25.9 Å². The number of rotatable bonds is 4. The average Bonchev–Trinajstić information content (AvgIpc) is 1.55. The van der Waals surface area contributed by atoms with Crippen LogP contribution in [0, 0.1) is 6.42 Å². The molecule has 0 heterocycles. The maximum Gasteiger partial charge on any atom is 0.265 e. The van der Waals surface area contributed by atoms with E-state index in [2.05, 4.69) is 0 Å². The summed E-state index contributed by atoms with van der Waals surface area (Å²) in [4.78, 5) is 0. The van der Waals surface area contributed by atoms with Crippen molar-refractivity contribution in [2.75, 3.05) is 11.5 Å². The van der Waals surface area contributed by atoms with E-state index in [-0.39, 0.29) is 0 Å². The van der Waals surface area contributed by atoms with Gasteiger partial charge >= 0.3 is 0 Å². The Labute approximate surface area is 64.7 Å². The quantitative estimate of drug-likeness (QED) is 0.565. The van der Waals surface area contributed by atoms with Crippen LogP contribution in [0.1, 0.15) is 0 Å². The Kier molecular flexibility index (Phi) is 3.42. The molecule has 0 spiro atoms. The summed E-state index contributed by atoms with van der Waals surface area (Å²) in [5, 5.41) is 0. The molecule has 0 aromatic heterocycles. The summed E-state index contributed by atoms with van der Waals surface area (Å²) in [6, 6.07) is 0. The molecule has 67 valence electrons. The van der Waals surface area contributed by atoms with Crippen LogP contribution in [0.3, 0.4) is 0 Å². The minimum Gasteiger partial charge on any atom is -0.286 e. The van der Waals surface area contributed by atoms with Gasteiger partial charge in [0.15, 0.2) is 0 Å². The maximum atomic E-state index is 9.96. The van der Waals surface area contributed by atoms with Gasteiger partial charge in [0.25, 0.3) is 20.2 Å². The van der Waals surface area contributed by atoms with Gasteiger partial charge in [0, 0.05) is 0 Å². The highest BCUT2D eigenvalue weighted by Gasteiger charge is 2.09. The molecule has 8 heteroatoms. The normalized spacial score (nSPS) is 13.3. The van der Waals surface area contributed by atoms with Crippen LogP contribution >= 0.6 is 0 Å². The van der Waals surface area contributed by atoms with Crippen LogP contribution in [0.5, 0.6) is 0 Å². The lowest BCUT2D eigenvalue weighted by Gasteiger charge is -1.93. The van der Waals surface area contributed by atoms with Gasteiger partial charge in [-0.1, -0.05) is 0 Å². The Morgan fingerprint density at radius 1 is 0.909 bits per heavy atom. The molecule has 0 aromatic rings. The van der Waals surface area contributed by atoms with Gasteiger partial charge in [-0.3, -0.25) is 9.11 Å². The van der Waals surface area contributed by atoms with Crippen molar-refractivity contribution in [3.63, 3.8) is 0 Å². The van der Waals surface area contributed by atoms with Crippen LogP contribution in [0.2, 0.25) is 0 Å². The van der Waals surface area contributed by atoms with Crippen molar-refractivity contribution in [2.45, 2.75) is 0 Å². The van der Waals surface area contributed by atoms with Gasteiger partial charge < -0.3 is 0 Å². The second kappa shape index (κ2) is 3.48. The van der Waals surface area contributed by atoms with E-state index in [1.54, 1.807) is 0 Å². The lowest BCUT2D eigenvalue weighted by atomic mass is 10.6. The van der Waals surface area contributed by atoms with Gasteiger partial charge in [-0.15, -0.1) is 0 Å².